The first-order valence-corrected chi connectivity index (χ1v) is 10.4. The molecule has 0 radical (unpaired) electrons. The standard InChI is InChI=1S/C19H19FN4OS2/c1-9-10(2)26-18-14(9)16(21)23-19(24-18)27-15(17(25)22-13-7-8-13)11-3-5-12(20)6-4-11/h3-6,13,15H,7-8H2,1-2H3,(H,22,25)(H2,21,23,24). The van der Waals surface area contributed by atoms with Gasteiger partial charge in [-0.05, 0) is 49.9 Å². The summed E-state index contributed by atoms with van der Waals surface area (Å²) in [7, 11) is 0. The molecular weight excluding hydrogens is 383 g/mol. The van der Waals surface area contributed by atoms with Crippen LogP contribution in [0, 0.1) is 19.7 Å². The highest BCUT2D eigenvalue weighted by Crippen LogP contribution is 2.38. The predicted molar refractivity (Wildman–Crippen MR) is 107 cm³/mol. The van der Waals surface area contributed by atoms with Crippen LogP contribution in [0.3, 0.4) is 0 Å². The highest BCUT2D eigenvalue weighted by atomic mass is 32.2. The molecule has 2 heterocycles. The Labute approximate surface area is 164 Å². The first kappa shape index (κ1) is 18.2. The van der Waals surface area contributed by atoms with Gasteiger partial charge >= 0.3 is 0 Å². The Morgan fingerprint density at radius 3 is 2.67 bits per heavy atom. The van der Waals surface area contributed by atoms with Gasteiger partial charge in [-0.1, -0.05) is 23.9 Å². The van der Waals surface area contributed by atoms with Crippen molar-refractivity contribution in [3.05, 3.63) is 46.1 Å². The van der Waals surface area contributed by atoms with Gasteiger partial charge in [0.15, 0.2) is 5.16 Å². The second kappa shape index (κ2) is 7.09. The van der Waals surface area contributed by atoms with Crippen molar-refractivity contribution in [2.75, 3.05) is 5.73 Å². The molecule has 1 amide bonds. The van der Waals surface area contributed by atoms with Crippen molar-refractivity contribution in [1.82, 2.24) is 15.3 Å². The van der Waals surface area contributed by atoms with Crippen LogP contribution in [-0.4, -0.2) is 21.9 Å². The molecule has 3 N–H and O–H groups in total. The van der Waals surface area contributed by atoms with Crippen molar-refractivity contribution in [2.24, 2.45) is 0 Å². The molecule has 1 aliphatic carbocycles. The van der Waals surface area contributed by atoms with Gasteiger partial charge in [-0.3, -0.25) is 4.79 Å². The van der Waals surface area contributed by atoms with E-state index in [0.717, 1.165) is 33.5 Å². The fourth-order valence-electron chi connectivity index (χ4n) is 2.83. The fourth-order valence-corrected chi connectivity index (χ4v) is 4.90. The number of halogens is 1. The maximum Gasteiger partial charge on any atom is 0.238 e. The van der Waals surface area contributed by atoms with Gasteiger partial charge in [-0.2, -0.15) is 0 Å². The zero-order valence-corrected chi connectivity index (χ0v) is 16.6. The molecule has 2 aromatic heterocycles. The average Bonchev–Trinajstić information content (AvgIpc) is 3.38. The van der Waals surface area contributed by atoms with Gasteiger partial charge in [-0.15, -0.1) is 11.3 Å². The molecule has 1 saturated carbocycles. The van der Waals surface area contributed by atoms with Crippen molar-refractivity contribution >= 4 is 45.0 Å². The number of rotatable bonds is 5. The Morgan fingerprint density at radius 1 is 1.30 bits per heavy atom. The van der Waals surface area contributed by atoms with E-state index >= 15 is 0 Å². The number of anilines is 1. The molecular formula is C19H19FN4OS2. The Kier molecular flexibility index (Phi) is 4.77. The molecule has 1 aliphatic rings. The normalized spacial score (nSPS) is 15.1. The number of benzene rings is 1. The zero-order chi connectivity index (χ0) is 19.1. The first-order valence-electron chi connectivity index (χ1n) is 8.68. The molecule has 3 aromatic rings. The van der Waals surface area contributed by atoms with Gasteiger partial charge in [0, 0.05) is 10.9 Å². The third-order valence-corrected chi connectivity index (χ3v) is 6.81. The van der Waals surface area contributed by atoms with E-state index in [1.165, 1.54) is 23.9 Å². The Morgan fingerprint density at radius 2 is 2.00 bits per heavy atom. The second-order valence-electron chi connectivity index (χ2n) is 6.69. The number of thiophene rings is 1. The summed E-state index contributed by atoms with van der Waals surface area (Å²) in [5, 5.41) is 3.77. The van der Waals surface area contributed by atoms with Crippen LogP contribution in [0.25, 0.3) is 10.2 Å². The van der Waals surface area contributed by atoms with Crippen molar-refractivity contribution < 1.29 is 9.18 Å². The number of carbonyl (C=O) groups excluding carboxylic acids is 1. The van der Waals surface area contributed by atoms with Gasteiger partial charge in [-0.25, -0.2) is 14.4 Å². The van der Waals surface area contributed by atoms with Gasteiger partial charge in [0.1, 0.15) is 21.7 Å². The van der Waals surface area contributed by atoms with Crippen LogP contribution in [-0.2, 0) is 4.79 Å². The smallest absolute Gasteiger partial charge is 0.238 e. The number of hydrogen-bond acceptors (Lipinski definition) is 6. The summed E-state index contributed by atoms with van der Waals surface area (Å²) in [4.78, 5) is 23.8. The number of nitrogens with two attached hydrogens (primary N) is 1. The fraction of sp³-hybridized carbons (Fsp3) is 0.316. The third kappa shape index (κ3) is 3.77. The van der Waals surface area contributed by atoms with E-state index in [0.29, 0.717) is 16.5 Å². The van der Waals surface area contributed by atoms with Gasteiger partial charge in [0.25, 0.3) is 0 Å². The molecule has 0 saturated heterocycles. The number of fused-ring (bicyclic) bond motifs is 1. The SMILES string of the molecule is Cc1sc2nc(SC(C(=O)NC3CC3)c3ccc(F)cc3)nc(N)c2c1C. The van der Waals surface area contributed by atoms with Crippen LogP contribution < -0.4 is 11.1 Å². The maximum atomic E-state index is 13.3. The number of aryl methyl sites for hydroxylation is 2. The Bertz CT molecular complexity index is 1010. The summed E-state index contributed by atoms with van der Waals surface area (Å²) >= 11 is 2.81. The third-order valence-electron chi connectivity index (χ3n) is 4.59. The van der Waals surface area contributed by atoms with E-state index in [4.69, 9.17) is 5.73 Å². The molecule has 1 unspecified atom stereocenters. The van der Waals surface area contributed by atoms with Crippen LogP contribution in [0.5, 0.6) is 0 Å². The monoisotopic (exact) mass is 402 g/mol. The molecule has 0 aliphatic heterocycles. The second-order valence-corrected chi connectivity index (χ2v) is 8.96. The molecule has 5 nitrogen and oxygen atoms in total. The van der Waals surface area contributed by atoms with E-state index in [1.807, 2.05) is 13.8 Å². The highest BCUT2D eigenvalue weighted by molar-refractivity contribution is 8.00. The lowest BCUT2D eigenvalue weighted by Gasteiger charge is -2.16. The van der Waals surface area contributed by atoms with E-state index < -0.39 is 5.25 Å². The first-order chi connectivity index (χ1) is 12.9. The predicted octanol–water partition coefficient (Wildman–Crippen LogP) is 4.14. The van der Waals surface area contributed by atoms with E-state index in [9.17, 15) is 9.18 Å². The molecule has 1 atom stereocenters. The van der Waals surface area contributed by atoms with E-state index in [2.05, 4.69) is 15.3 Å². The number of aromatic nitrogens is 2. The van der Waals surface area contributed by atoms with Crippen LogP contribution >= 0.6 is 23.1 Å². The van der Waals surface area contributed by atoms with Crippen molar-refractivity contribution in [2.45, 2.75) is 43.1 Å². The van der Waals surface area contributed by atoms with Crippen LogP contribution in [0.4, 0.5) is 10.2 Å². The minimum atomic E-state index is -0.565. The number of amides is 1. The van der Waals surface area contributed by atoms with Crippen molar-refractivity contribution in [3.8, 4) is 0 Å². The molecule has 27 heavy (non-hydrogen) atoms. The lowest BCUT2D eigenvalue weighted by Crippen LogP contribution is -2.29. The summed E-state index contributed by atoms with van der Waals surface area (Å²) in [5.41, 5.74) is 7.96. The summed E-state index contributed by atoms with van der Waals surface area (Å²) in [5.74, 6) is -0.0312. The Hall–Kier alpha value is -2.19. The highest BCUT2D eigenvalue weighted by Gasteiger charge is 2.30. The van der Waals surface area contributed by atoms with E-state index in [1.54, 1.807) is 23.5 Å². The summed E-state index contributed by atoms with van der Waals surface area (Å²) in [6.07, 6.45) is 1.99. The number of nitrogens with one attached hydrogen (secondary N) is 1. The van der Waals surface area contributed by atoms with Crippen LogP contribution in [0.1, 0.15) is 34.1 Å². The van der Waals surface area contributed by atoms with Gasteiger partial charge in [0.05, 0.1) is 5.39 Å². The number of nitrogen functional groups attached to an aromatic ring is 1. The topological polar surface area (TPSA) is 80.9 Å². The summed E-state index contributed by atoms with van der Waals surface area (Å²) in [6, 6.07) is 6.20. The average molecular weight is 403 g/mol. The molecule has 1 fully saturated rings. The van der Waals surface area contributed by atoms with Gasteiger partial charge < -0.3 is 11.1 Å². The molecule has 4 rings (SSSR count). The van der Waals surface area contributed by atoms with Crippen molar-refractivity contribution in [3.63, 3.8) is 0 Å². The Balaban J connectivity index is 1.69. The largest absolute Gasteiger partial charge is 0.383 e. The number of thioether (sulfide) groups is 1. The van der Waals surface area contributed by atoms with E-state index in [-0.39, 0.29) is 17.8 Å². The minimum absolute atomic E-state index is 0.116. The van der Waals surface area contributed by atoms with Crippen LogP contribution in [0.15, 0.2) is 29.4 Å². The lowest BCUT2D eigenvalue weighted by molar-refractivity contribution is -0.120. The zero-order valence-electron chi connectivity index (χ0n) is 15.0. The van der Waals surface area contributed by atoms with Gasteiger partial charge in [0.2, 0.25) is 5.91 Å². The summed E-state index contributed by atoms with van der Waals surface area (Å²) < 4.78 is 13.3. The van der Waals surface area contributed by atoms with Crippen LogP contribution in [0.2, 0.25) is 0 Å². The van der Waals surface area contributed by atoms with Crippen molar-refractivity contribution in [1.29, 1.82) is 0 Å². The molecule has 0 bridgehead atoms. The lowest BCUT2D eigenvalue weighted by atomic mass is 10.1. The summed E-state index contributed by atoms with van der Waals surface area (Å²) in [6.45, 7) is 4.03. The number of nitrogens with zero attached hydrogens (tertiary/aromatic N) is 2. The minimum Gasteiger partial charge on any atom is -0.383 e. The number of hydrogen-bond donors (Lipinski definition) is 2. The molecule has 0 spiro atoms. The maximum absolute atomic E-state index is 13.3. The molecule has 140 valence electrons. The quantitative estimate of drug-likeness (QED) is 0.495. The molecule has 8 heteroatoms. The number of carbonyl (C=O) groups is 1. The molecule has 1 aromatic carbocycles.